The molecule has 0 saturated carbocycles. The molecule has 0 aromatic heterocycles. The predicted molar refractivity (Wildman–Crippen MR) is 75.1 cm³/mol. The molecule has 0 heterocycles. The largest absolute Gasteiger partial charge is 0.494 e. The lowest BCUT2D eigenvalue weighted by Gasteiger charge is -2.15. The first-order valence-corrected chi connectivity index (χ1v) is 6.57. The molecule has 2 rings (SSSR count). The molecule has 1 atom stereocenters. The zero-order chi connectivity index (χ0) is 13.0. The Hall–Kier alpha value is -1.54. The fourth-order valence-electron chi connectivity index (χ4n) is 2.20. The maximum absolute atomic E-state index is 9.91. The number of rotatable bonds is 5. The SMILES string of the molecule is CCOc1ccc2ccccc2c1CC(O)CC. The van der Waals surface area contributed by atoms with E-state index in [9.17, 15) is 5.11 Å². The smallest absolute Gasteiger partial charge is 0.123 e. The van der Waals surface area contributed by atoms with Crippen molar-refractivity contribution < 1.29 is 9.84 Å². The third-order valence-corrected chi connectivity index (χ3v) is 3.21. The first-order valence-electron chi connectivity index (χ1n) is 6.57. The van der Waals surface area contributed by atoms with Crippen molar-refractivity contribution in [3.8, 4) is 5.75 Å². The Labute approximate surface area is 108 Å². The monoisotopic (exact) mass is 244 g/mol. The second-order valence-electron chi connectivity index (χ2n) is 4.46. The minimum atomic E-state index is -0.310. The summed E-state index contributed by atoms with van der Waals surface area (Å²) in [5.74, 6) is 0.892. The van der Waals surface area contributed by atoms with E-state index in [0.29, 0.717) is 13.0 Å². The summed E-state index contributed by atoms with van der Waals surface area (Å²) in [6, 6.07) is 12.3. The quantitative estimate of drug-likeness (QED) is 0.871. The van der Waals surface area contributed by atoms with Crippen LogP contribution in [0, 0.1) is 0 Å². The molecule has 18 heavy (non-hydrogen) atoms. The molecule has 2 heteroatoms. The van der Waals surface area contributed by atoms with Crippen LogP contribution in [0.2, 0.25) is 0 Å². The van der Waals surface area contributed by atoms with Crippen LogP contribution in [0.3, 0.4) is 0 Å². The highest BCUT2D eigenvalue weighted by molar-refractivity contribution is 5.87. The molecule has 0 aliphatic heterocycles. The van der Waals surface area contributed by atoms with Gasteiger partial charge in [0.05, 0.1) is 12.7 Å². The van der Waals surface area contributed by atoms with Crippen LogP contribution in [-0.2, 0) is 6.42 Å². The summed E-state index contributed by atoms with van der Waals surface area (Å²) in [6.45, 7) is 4.62. The third kappa shape index (κ3) is 2.65. The van der Waals surface area contributed by atoms with E-state index in [1.807, 2.05) is 32.0 Å². The zero-order valence-corrected chi connectivity index (χ0v) is 11.0. The Morgan fingerprint density at radius 1 is 1.11 bits per heavy atom. The van der Waals surface area contributed by atoms with Crippen LogP contribution in [0.5, 0.6) is 5.75 Å². The normalized spacial score (nSPS) is 12.6. The van der Waals surface area contributed by atoms with E-state index >= 15 is 0 Å². The van der Waals surface area contributed by atoms with E-state index in [1.165, 1.54) is 10.8 Å². The maximum Gasteiger partial charge on any atom is 0.123 e. The first kappa shape index (κ1) is 12.9. The van der Waals surface area contributed by atoms with Crippen molar-refractivity contribution in [3.05, 3.63) is 42.0 Å². The Bertz CT molecular complexity index is 519. The molecule has 0 spiro atoms. The van der Waals surface area contributed by atoms with Crippen LogP contribution in [0.4, 0.5) is 0 Å². The molecule has 2 nitrogen and oxygen atoms in total. The van der Waals surface area contributed by atoms with Gasteiger partial charge in [0, 0.05) is 12.0 Å². The molecule has 0 radical (unpaired) electrons. The van der Waals surface area contributed by atoms with Gasteiger partial charge in [-0.2, -0.15) is 0 Å². The lowest BCUT2D eigenvalue weighted by Crippen LogP contribution is -2.10. The van der Waals surface area contributed by atoms with E-state index in [2.05, 4.69) is 18.2 Å². The van der Waals surface area contributed by atoms with Crippen molar-refractivity contribution in [2.75, 3.05) is 6.61 Å². The number of fused-ring (bicyclic) bond motifs is 1. The Morgan fingerprint density at radius 2 is 1.89 bits per heavy atom. The van der Waals surface area contributed by atoms with Crippen molar-refractivity contribution >= 4 is 10.8 Å². The summed E-state index contributed by atoms with van der Waals surface area (Å²) in [7, 11) is 0. The average Bonchev–Trinajstić information content (AvgIpc) is 2.41. The van der Waals surface area contributed by atoms with Gasteiger partial charge in [0.25, 0.3) is 0 Å². The number of benzene rings is 2. The second-order valence-corrected chi connectivity index (χ2v) is 4.46. The molecule has 2 aromatic carbocycles. The summed E-state index contributed by atoms with van der Waals surface area (Å²) in [4.78, 5) is 0. The van der Waals surface area contributed by atoms with Crippen LogP contribution < -0.4 is 4.74 Å². The lowest BCUT2D eigenvalue weighted by molar-refractivity contribution is 0.169. The van der Waals surface area contributed by atoms with Crippen LogP contribution in [-0.4, -0.2) is 17.8 Å². The second kappa shape index (κ2) is 5.87. The van der Waals surface area contributed by atoms with Crippen LogP contribution in [0.15, 0.2) is 36.4 Å². The Kier molecular flexibility index (Phi) is 4.21. The summed E-state index contributed by atoms with van der Waals surface area (Å²) in [6.07, 6.45) is 1.09. The Balaban J connectivity index is 2.51. The molecule has 0 aliphatic carbocycles. The topological polar surface area (TPSA) is 29.5 Å². The molecular formula is C16H20O2. The minimum absolute atomic E-state index is 0.310. The van der Waals surface area contributed by atoms with E-state index < -0.39 is 0 Å². The van der Waals surface area contributed by atoms with Crippen molar-refractivity contribution in [2.45, 2.75) is 32.8 Å². The molecule has 0 amide bonds. The maximum atomic E-state index is 9.91. The number of hydrogen-bond acceptors (Lipinski definition) is 2. The zero-order valence-electron chi connectivity index (χ0n) is 11.0. The molecule has 1 unspecified atom stereocenters. The average molecular weight is 244 g/mol. The molecule has 2 aromatic rings. The first-order chi connectivity index (χ1) is 8.76. The molecular weight excluding hydrogens is 224 g/mol. The van der Waals surface area contributed by atoms with Crippen LogP contribution in [0.1, 0.15) is 25.8 Å². The molecule has 0 fully saturated rings. The molecule has 0 saturated heterocycles. The van der Waals surface area contributed by atoms with Crippen LogP contribution in [0.25, 0.3) is 10.8 Å². The van der Waals surface area contributed by atoms with E-state index in [0.717, 1.165) is 17.7 Å². The van der Waals surface area contributed by atoms with E-state index in [-0.39, 0.29) is 6.10 Å². The van der Waals surface area contributed by atoms with Crippen molar-refractivity contribution in [3.63, 3.8) is 0 Å². The third-order valence-electron chi connectivity index (χ3n) is 3.21. The minimum Gasteiger partial charge on any atom is -0.494 e. The number of aliphatic hydroxyl groups excluding tert-OH is 1. The van der Waals surface area contributed by atoms with E-state index in [4.69, 9.17) is 4.74 Å². The van der Waals surface area contributed by atoms with Crippen molar-refractivity contribution in [1.29, 1.82) is 0 Å². The lowest BCUT2D eigenvalue weighted by atomic mass is 9.98. The van der Waals surface area contributed by atoms with Crippen molar-refractivity contribution in [1.82, 2.24) is 0 Å². The number of aliphatic hydroxyl groups is 1. The summed E-state index contributed by atoms with van der Waals surface area (Å²) in [5.41, 5.74) is 1.12. The highest BCUT2D eigenvalue weighted by Gasteiger charge is 2.12. The number of hydrogen-bond donors (Lipinski definition) is 1. The molecule has 0 aliphatic rings. The fraction of sp³-hybridized carbons (Fsp3) is 0.375. The predicted octanol–water partition coefficient (Wildman–Crippen LogP) is 3.55. The van der Waals surface area contributed by atoms with Gasteiger partial charge in [-0.1, -0.05) is 37.3 Å². The molecule has 1 N–H and O–H groups in total. The molecule has 96 valence electrons. The fourth-order valence-corrected chi connectivity index (χ4v) is 2.20. The van der Waals surface area contributed by atoms with Crippen molar-refractivity contribution in [2.24, 2.45) is 0 Å². The standard InChI is InChI=1S/C16H20O2/c1-3-13(17)11-15-14-8-6-5-7-12(14)9-10-16(15)18-4-2/h5-10,13,17H,3-4,11H2,1-2H3. The van der Waals surface area contributed by atoms with Gasteiger partial charge in [0.2, 0.25) is 0 Å². The number of ether oxygens (including phenoxy) is 1. The Morgan fingerprint density at radius 3 is 2.61 bits per heavy atom. The highest BCUT2D eigenvalue weighted by atomic mass is 16.5. The van der Waals surface area contributed by atoms with Gasteiger partial charge in [0.1, 0.15) is 5.75 Å². The highest BCUT2D eigenvalue weighted by Crippen LogP contribution is 2.29. The van der Waals surface area contributed by atoms with Gasteiger partial charge in [0.15, 0.2) is 0 Å². The van der Waals surface area contributed by atoms with Gasteiger partial charge < -0.3 is 9.84 Å². The van der Waals surface area contributed by atoms with Gasteiger partial charge in [-0.25, -0.2) is 0 Å². The van der Waals surface area contributed by atoms with Crippen LogP contribution >= 0.6 is 0 Å². The summed E-state index contributed by atoms with van der Waals surface area (Å²) < 4.78 is 5.68. The van der Waals surface area contributed by atoms with Gasteiger partial charge in [-0.15, -0.1) is 0 Å². The summed E-state index contributed by atoms with van der Waals surface area (Å²) in [5, 5.41) is 12.3. The summed E-state index contributed by atoms with van der Waals surface area (Å²) >= 11 is 0. The molecule has 0 bridgehead atoms. The van der Waals surface area contributed by atoms with E-state index in [1.54, 1.807) is 0 Å². The van der Waals surface area contributed by atoms with Gasteiger partial charge in [-0.05, 0) is 30.2 Å². The van der Waals surface area contributed by atoms with Gasteiger partial charge in [-0.3, -0.25) is 0 Å². The van der Waals surface area contributed by atoms with Gasteiger partial charge >= 0.3 is 0 Å².